The summed E-state index contributed by atoms with van der Waals surface area (Å²) in [5.74, 6) is 0. The van der Waals surface area contributed by atoms with Crippen LogP contribution in [-0.4, -0.2) is 5.11 Å². The smallest absolute Gasteiger partial charge is 0.388 e. The summed E-state index contributed by atoms with van der Waals surface area (Å²) in [6.07, 6.45) is -4.79. The van der Waals surface area contributed by atoms with Gasteiger partial charge in [0.05, 0.1) is 11.7 Å². The Morgan fingerprint density at radius 1 is 1.00 bits per heavy atom. The fourth-order valence-corrected chi connectivity index (χ4v) is 2.04. The van der Waals surface area contributed by atoms with E-state index in [1.807, 2.05) is 18.2 Å². The number of hydrogen-bond donors (Lipinski definition) is 1. The molecule has 0 radical (unpaired) electrons. The maximum atomic E-state index is 12.5. The van der Waals surface area contributed by atoms with Crippen molar-refractivity contribution in [3.63, 3.8) is 0 Å². The van der Waals surface area contributed by atoms with E-state index in [9.17, 15) is 18.3 Å². The van der Waals surface area contributed by atoms with Crippen LogP contribution in [0.3, 0.4) is 0 Å². The van der Waals surface area contributed by atoms with Crippen LogP contribution in [0.4, 0.5) is 13.2 Å². The molecule has 0 aliphatic rings. The van der Waals surface area contributed by atoms with Gasteiger partial charge in [0.1, 0.15) is 0 Å². The van der Waals surface area contributed by atoms with Crippen LogP contribution in [0.25, 0.3) is 5.57 Å². The first-order chi connectivity index (χ1) is 9.88. The van der Waals surface area contributed by atoms with Crippen LogP contribution >= 0.6 is 0 Å². The van der Waals surface area contributed by atoms with Crippen LogP contribution in [0, 0.1) is 0 Å². The highest BCUT2D eigenvalue weighted by atomic mass is 19.4. The molecule has 2 aromatic carbocycles. The van der Waals surface area contributed by atoms with Crippen molar-refractivity contribution in [3.8, 4) is 0 Å². The zero-order valence-electron chi connectivity index (χ0n) is 11.3. The Bertz CT molecular complexity index is 600. The van der Waals surface area contributed by atoms with Crippen molar-refractivity contribution in [1.82, 2.24) is 0 Å². The minimum absolute atomic E-state index is 0.273. The van der Waals surface area contributed by atoms with Crippen LogP contribution < -0.4 is 0 Å². The molecule has 1 nitrogen and oxygen atoms in total. The summed E-state index contributed by atoms with van der Waals surface area (Å²) in [6, 6.07) is 13.9. The van der Waals surface area contributed by atoms with Gasteiger partial charge in [-0.3, -0.25) is 0 Å². The van der Waals surface area contributed by atoms with E-state index in [0.29, 0.717) is 11.1 Å². The molecular formula is C17H15F3O. The average molecular weight is 292 g/mol. The lowest BCUT2D eigenvalue weighted by molar-refractivity contribution is -0.137. The van der Waals surface area contributed by atoms with Gasteiger partial charge in [0.2, 0.25) is 0 Å². The summed E-state index contributed by atoms with van der Waals surface area (Å²) in [6.45, 7) is 3.84. The first kappa shape index (κ1) is 15.3. The van der Waals surface area contributed by atoms with Gasteiger partial charge in [-0.1, -0.05) is 49.0 Å². The summed E-state index contributed by atoms with van der Waals surface area (Å²) in [7, 11) is 0. The third kappa shape index (κ3) is 3.95. The molecule has 110 valence electrons. The first-order valence-corrected chi connectivity index (χ1v) is 6.46. The molecule has 0 aromatic heterocycles. The number of rotatable bonds is 4. The van der Waals surface area contributed by atoms with Gasteiger partial charge < -0.3 is 5.11 Å². The van der Waals surface area contributed by atoms with Gasteiger partial charge in [0, 0.05) is 6.42 Å². The molecule has 2 aromatic rings. The van der Waals surface area contributed by atoms with Crippen molar-refractivity contribution < 1.29 is 18.3 Å². The normalized spacial score (nSPS) is 13.0. The topological polar surface area (TPSA) is 20.2 Å². The van der Waals surface area contributed by atoms with Crippen molar-refractivity contribution in [1.29, 1.82) is 0 Å². The Kier molecular flexibility index (Phi) is 4.48. The highest BCUT2D eigenvalue weighted by Gasteiger charge is 2.30. The molecule has 1 N–H and O–H groups in total. The van der Waals surface area contributed by atoms with Crippen LogP contribution in [0.15, 0.2) is 61.2 Å². The molecule has 0 bridgehead atoms. The molecular weight excluding hydrogens is 277 g/mol. The molecule has 4 heteroatoms. The van der Waals surface area contributed by atoms with Crippen LogP contribution in [0.1, 0.15) is 29.2 Å². The molecule has 0 saturated heterocycles. The molecule has 1 atom stereocenters. The monoisotopic (exact) mass is 292 g/mol. The molecule has 0 aliphatic heterocycles. The number of benzene rings is 2. The average Bonchev–Trinajstić information content (AvgIpc) is 2.47. The number of alkyl halides is 3. The van der Waals surface area contributed by atoms with E-state index in [0.717, 1.165) is 17.7 Å². The summed E-state index contributed by atoms with van der Waals surface area (Å²) >= 11 is 0. The van der Waals surface area contributed by atoms with E-state index in [1.165, 1.54) is 12.1 Å². The largest absolute Gasteiger partial charge is 0.416 e. The Hall–Kier alpha value is -2.07. The minimum Gasteiger partial charge on any atom is -0.388 e. The molecule has 0 amide bonds. The van der Waals surface area contributed by atoms with E-state index in [-0.39, 0.29) is 6.42 Å². The van der Waals surface area contributed by atoms with Crippen molar-refractivity contribution in [3.05, 3.63) is 77.9 Å². The summed E-state index contributed by atoms with van der Waals surface area (Å²) < 4.78 is 37.5. The summed E-state index contributed by atoms with van der Waals surface area (Å²) in [5, 5.41) is 10.1. The molecule has 0 spiro atoms. The van der Waals surface area contributed by atoms with Gasteiger partial charge in [-0.15, -0.1) is 0 Å². The Labute approximate surface area is 121 Å². The first-order valence-electron chi connectivity index (χ1n) is 6.46. The van der Waals surface area contributed by atoms with Gasteiger partial charge in [0.25, 0.3) is 0 Å². The minimum atomic E-state index is -4.34. The van der Waals surface area contributed by atoms with Gasteiger partial charge in [0.15, 0.2) is 0 Å². The molecule has 0 aliphatic carbocycles. The van der Waals surface area contributed by atoms with Crippen molar-refractivity contribution in [2.45, 2.75) is 18.7 Å². The maximum Gasteiger partial charge on any atom is 0.416 e. The predicted molar refractivity (Wildman–Crippen MR) is 76.5 cm³/mol. The van der Waals surface area contributed by atoms with Gasteiger partial charge in [-0.05, 0) is 28.8 Å². The van der Waals surface area contributed by atoms with Crippen LogP contribution in [0.5, 0.6) is 0 Å². The van der Waals surface area contributed by atoms with Crippen molar-refractivity contribution in [2.24, 2.45) is 0 Å². The zero-order chi connectivity index (χ0) is 15.5. The Balaban J connectivity index is 2.07. The maximum absolute atomic E-state index is 12.5. The van der Waals surface area contributed by atoms with Gasteiger partial charge >= 0.3 is 6.18 Å². The SMILES string of the molecule is C=C(CC(O)c1ccccc1)c1ccc(C(F)(F)F)cc1. The number of hydrogen-bond acceptors (Lipinski definition) is 1. The fraction of sp³-hybridized carbons (Fsp3) is 0.176. The third-order valence-electron chi connectivity index (χ3n) is 3.24. The van der Waals surface area contributed by atoms with Crippen LogP contribution in [-0.2, 0) is 6.18 Å². The Morgan fingerprint density at radius 2 is 1.57 bits per heavy atom. The highest BCUT2D eigenvalue weighted by molar-refractivity contribution is 5.64. The highest BCUT2D eigenvalue weighted by Crippen LogP contribution is 2.31. The third-order valence-corrected chi connectivity index (χ3v) is 3.24. The van der Waals surface area contributed by atoms with Gasteiger partial charge in [-0.2, -0.15) is 13.2 Å². The van der Waals surface area contributed by atoms with E-state index in [1.54, 1.807) is 12.1 Å². The second kappa shape index (κ2) is 6.14. The zero-order valence-corrected chi connectivity index (χ0v) is 11.3. The van der Waals surface area contributed by atoms with Gasteiger partial charge in [-0.25, -0.2) is 0 Å². The number of halogens is 3. The lowest BCUT2D eigenvalue weighted by Gasteiger charge is -2.14. The molecule has 0 saturated carbocycles. The molecule has 2 rings (SSSR count). The fourth-order valence-electron chi connectivity index (χ4n) is 2.04. The lowest BCUT2D eigenvalue weighted by Crippen LogP contribution is -2.04. The lowest BCUT2D eigenvalue weighted by atomic mass is 9.97. The van der Waals surface area contributed by atoms with E-state index < -0.39 is 17.8 Å². The second-order valence-corrected chi connectivity index (χ2v) is 4.81. The predicted octanol–water partition coefficient (Wildman–Crippen LogP) is 4.84. The van der Waals surface area contributed by atoms with Crippen LogP contribution in [0.2, 0.25) is 0 Å². The molecule has 1 unspecified atom stereocenters. The summed E-state index contributed by atoms with van der Waals surface area (Å²) in [4.78, 5) is 0. The Morgan fingerprint density at radius 3 is 2.10 bits per heavy atom. The van der Waals surface area contributed by atoms with E-state index in [4.69, 9.17) is 0 Å². The number of aliphatic hydroxyl groups excluding tert-OH is 1. The van der Waals surface area contributed by atoms with Crippen molar-refractivity contribution in [2.75, 3.05) is 0 Å². The summed E-state index contributed by atoms with van der Waals surface area (Å²) in [5.41, 5.74) is 1.26. The number of aliphatic hydroxyl groups is 1. The standard InChI is InChI=1S/C17H15F3O/c1-12(11-16(21)14-5-3-2-4-6-14)13-7-9-15(10-8-13)17(18,19)20/h2-10,16,21H,1,11H2. The van der Waals surface area contributed by atoms with E-state index >= 15 is 0 Å². The van der Waals surface area contributed by atoms with Crippen molar-refractivity contribution >= 4 is 5.57 Å². The quantitative estimate of drug-likeness (QED) is 0.854. The molecule has 21 heavy (non-hydrogen) atoms. The molecule has 0 fully saturated rings. The van der Waals surface area contributed by atoms with E-state index in [2.05, 4.69) is 6.58 Å². The second-order valence-electron chi connectivity index (χ2n) is 4.81. The molecule has 0 heterocycles.